The van der Waals surface area contributed by atoms with Crippen LogP contribution in [0.5, 0.6) is 0 Å². The number of rotatable bonds is 5. The Labute approximate surface area is 120 Å². The molecular weight excluding hydrogens is 249 g/mol. The lowest BCUT2D eigenvalue weighted by Gasteiger charge is -2.09. The van der Waals surface area contributed by atoms with Crippen LogP contribution in [0.15, 0.2) is 36.4 Å². The monoisotopic (exact) mass is 271 g/mol. The topological polar surface area (TPSA) is 12.0 Å². The van der Waals surface area contributed by atoms with Crippen LogP contribution >= 0.6 is 0 Å². The molecule has 0 radical (unpaired) electrons. The van der Waals surface area contributed by atoms with Crippen molar-refractivity contribution in [1.29, 1.82) is 0 Å². The van der Waals surface area contributed by atoms with Crippen LogP contribution in [0.25, 0.3) is 0 Å². The van der Waals surface area contributed by atoms with E-state index in [0.29, 0.717) is 0 Å². The van der Waals surface area contributed by atoms with Gasteiger partial charge in [-0.1, -0.05) is 24.3 Å². The van der Waals surface area contributed by atoms with Crippen molar-refractivity contribution >= 4 is 0 Å². The van der Waals surface area contributed by atoms with E-state index in [4.69, 9.17) is 0 Å². The molecule has 106 valence electrons. The maximum Gasteiger partial charge on any atom is 0.123 e. The van der Waals surface area contributed by atoms with Gasteiger partial charge in [-0.05, 0) is 73.7 Å². The van der Waals surface area contributed by atoms with Gasteiger partial charge in [0.2, 0.25) is 0 Å². The van der Waals surface area contributed by atoms with E-state index >= 15 is 0 Å². The predicted octanol–water partition coefficient (Wildman–Crippen LogP) is 4.08. The largest absolute Gasteiger partial charge is 0.312 e. The molecule has 0 saturated heterocycles. The van der Waals surface area contributed by atoms with Crippen molar-refractivity contribution in [2.45, 2.75) is 33.7 Å². The van der Waals surface area contributed by atoms with Gasteiger partial charge in [-0.3, -0.25) is 0 Å². The number of hydrogen-bond donors (Lipinski definition) is 1. The van der Waals surface area contributed by atoms with Crippen molar-refractivity contribution in [1.82, 2.24) is 5.32 Å². The number of halogens is 1. The van der Waals surface area contributed by atoms with E-state index in [2.05, 4.69) is 37.4 Å². The number of hydrogen-bond acceptors (Lipinski definition) is 1. The van der Waals surface area contributed by atoms with Crippen LogP contribution in [0, 0.1) is 26.6 Å². The molecular formula is C18H22FN. The Balaban J connectivity index is 1.82. The molecule has 2 rings (SSSR count). The molecule has 2 aromatic rings. The molecule has 0 spiro atoms. The zero-order chi connectivity index (χ0) is 14.5. The maximum atomic E-state index is 13.0. The van der Waals surface area contributed by atoms with Gasteiger partial charge in [-0.15, -0.1) is 0 Å². The van der Waals surface area contributed by atoms with E-state index in [-0.39, 0.29) is 5.82 Å². The second kappa shape index (κ2) is 6.67. The Morgan fingerprint density at radius 1 is 0.900 bits per heavy atom. The molecule has 0 amide bonds. The van der Waals surface area contributed by atoms with Crippen molar-refractivity contribution in [2.75, 3.05) is 6.54 Å². The van der Waals surface area contributed by atoms with Crippen molar-refractivity contribution < 1.29 is 4.39 Å². The van der Waals surface area contributed by atoms with E-state index in [1.165, 1.54) is 28.3 Å². The van der Waals surface area contributed by atoms with Crippen LogP contribution in [-0.2, 0) is 13.0 Å². The minimum Gasteiger partial charge on any atom is -0.312 e. The van der Waals surface area contributed by atoms with Gasteiger partial charge in [-0.2, -0.15) is 0 Å². The summed E-state index contributed by atoms with van der Waals surface area (Å²) in [5, 5.41) is 3.44. The van der Waals surface area contributed by atoms with Crippen molar-refractivity contribution in [2.24, 2.45) is 0 Å². The van der Waals surface area contributed by atoms with Crippen LogP contribution in [-0.4, -0.2) is 6.54 Å². The van der Waals surface area contributed by atoms with Gasteiger partial charge in [0.05, 0.1) is 0 Å². The highest BCUT2D eigenvalue weighted by Crippen LogP contribution is 2.11. The Kier molecular flexibility index (Phi) is 4.91. The Morgan fingerprint density at radius 3 is 2.40 bits per heavy atom. The highest BCUT2D eigenvalue weighted by Gasteiger charge is 2.00. The second-order valence-electron chi connectivity index (χ2n) is 5.42. The van der Waals surface area contributed by atoms with Gasteiger partial charge in [-0.25, -0.2) is 4.39 Å². The lowest BCUT2D eigenvalue weighted by atomic mass is 10.1. The van der Waals surface area contributed by atoms with Crippen molar-refractivity contribution in [3.63, 3.8) is 0 Å². The molecule has 2 aromatic carbocycles. The number of benzene rings is 2. The summed E-state index contributed by atoms with van der Waals surface area (Å²) in [7, 11) is 0. The van der Waals surface area contributed by atoms with Gasteiger partial charge in [0.15, 0.2) is 0 Å². The third kappa shape index (κ3) is 3.91. The molecule has 0 aliphatic rings. The highest BCUT2D eigenvalue weighted by atomic mass is 19.1. The molecule has 0 bridgehead atoms. The molecule has 0 saturated carbocycles. The van der Waals surface area contributed by atoms with Crippen molar-refractivity contribution in [3.8, 4) is 0 Å². The molecule has 1 nitrogen and oxygen atoms in total. The van der Waals surface area contributed by atoms with Gasteiger partial charge in [0, 0.05) is 6.54 Å². The number of aryl methyl sites for hydroxylation is 3. The van der Waals surface area contributed by atoms with Crippen molar-refractivity contribution in [3.05, 3.63) is 70.0 Å². The van der Waals surface area contributed by atoms with Crippen LogP contribution in [0.1, 0.15) is 27.8 Å². The van der Waals surface area contributed by atoms with E-state index in [1.807, 2.05) is 13.0 Å². The third-order valence-corrected chi connectivity index (χ3v) is 3.78. The summed E-state index contributed by atoms with van der Waals surface area (Å²) in [6.07, 6.45) is 0.928. The smallest absolute Gasteiger partial charge is 0.123 e. The summed E-state index contributed by atoms with van der Waals surface area (Å²) in [6.45, 7) is 8.01. The van der Waals surface area contributed by atoms with Crippen LogP contribution < -0.4 is 5.32 Å². The minimum atomic E-state index is -0.158. The zero-order valence-corrected chi connectivity index (χ0v) is 12.5. The Morgan fingerprint density at radius 2 is 1.70 bits per heavy atom. The molecule has 0 aromatic heterocycles. The van der Waals surface area contributed by atoms with Gasteiger partial charge >= 0.3 is 0 Å². The Hall–Kier alpha value is -1.67. The predicted molar refractivity (Wildman–Crippen MR) is 82.5 cm³/mol. The van der Waals surface area contributed by atoms with Crippen LogP contribution in [0.2, 0.25) is 0 Å². The lowest BCUT2D eigenvalue weighted by molar-refractivity contribution is 0.624. The molecule has 0 aliphatic heterocycles. The molecule has 0 unspecified atom stereocenters. The normalized spacial score (nSPS) is 10.8. The van der Waals surface area contributed by atoms with E-state index in [0.717, 1.165) is 25.1 Å². The standard InChI is InChI=1S/C18H22FN/c1-13-4-5-16(10-14(13)2)12-20-9-8-17-6-7-18(19)11-15(17)3/h4-7,10-11,20H,8-9,12H2,1-3H3. The van der Waals surface area contributed by atoms with E-state index in [9.17, 15) is 4.39 Å². The molecule has 0 heterocycles. The summed E-state index contributed by atoms with van der Waals surface area (Å²) in [6, 6.07) is 11.6. The fourth-order valence-electron chi connectivity index (χ4n) is 2.31. The molecule has 20 heavy (non-hydrogen) atoms. The minimum absolute atomic E-state index is 0.158. The summed E-state index contributed by atoms with van der Waals surface area (Å²) < 4.78 is 13.0. The van der Waals surface area contributed by atoms with E-state index < -0.39 is 0 Å². The van der Waals surface area contributed by atoms with Gasteiger partial charge in [0.25, 0.3) is 0 Å². The van der Waals surface area contributed by atoms with E-state index in [1.54, 1.807) is 6.07 Å². The highest BCUT2D eigenvalue weighted by molar-refractivity contribution is 5.30. The summed E-state index contributed by atoms with van der Waals surface area (Å²) in [5.74, 6) is -0.158. The SMILES string of the molecule is Cc1ccc(CNCCc2ccc(F)cc2C)cc1C. The van der Waals surface area contributed by atoms with Gasteiger partial charge < -0.3 is 5.32 Å². The first-order valence-corrected chi connectivity index (χ1v) is 7.08. The molecule has 0 fully saturated rings. The zero-order valence-electron chi connectivity index (χ0n) is 12.5. The summed E-state index contributed by atoms with van der Waals surface area (Å²) >= 11 is 0. The first-order valence-electron chi connectivity index (χ1n) is 7.08. The molecule has 0 aliphatic carbocycles. The van der Waals surface area contributed by atoms with Crippen LogP contribution in [0.3, 0.4) is 0 Å². The molecule has 0 atom stereocenters. The molecule has 1 N–H and O–H groups in total. The third-order valence-electron chi connectivity index (χ3n) is 3.78. The fraction of sp³-hybridized carbons (Fsp3) is 0.333. The quantitative estimate of drug-likeness (QED) is 0.808. The lowest BCUT2D eigenvalue weighted by Crippen LogP contribution is -2.17. The number of nitrogens with one attached hydrogen (secondary N) is 1. The fourth-order valence-corrected chi connectivity index (χ4v) is 2.31. The van der Waals surface area contributed by atoms with Crippen LogP contribution in [0.4, 0.5) is 4.39 Å². The second-order valence-corrected chi connectivity index (χ2v) is 5.42. The maximum absolute atomic E-state index is 13.0. The average molecular weight is 271 g/mol. The summed E-state index contributed by atoms with van der Waals surface area (Å²) in [4.78, 5) is 0. The first kappa shape index (κ1) is 14.7. The summed E-state index contributed by atoms with van der Waals surface area (Å²) in [5.41, 5.74) is 6.20. The molecule has 2 heteroatoms. The first-order chi connectivity index (χ1) is 9.56. The van der Waals surface area contributed by atoms with Gasteiger partial charge in [0.1, 0.15) is 5.82 Å². The average Bonchev–Trinajstić information content (AvgIpc) is 2.40. The Bertz CT molecular complexity index is 590.